The fourth-order valence-electron chi connectivity index (χ4n) is 4.86. The zero-order chi connectivity index (χ0) is 22.9. The van der Waals surface area contributed by atoms with E-state index in [0.717, 1.165) is 36.1 Å². The summed E-state index contributed by atoms with van der Waals surface area (Å²) in [7, 11) is 1.78. The van der Waals surface area contributed by atoms with Crippen LogP contribution in [-0.4, -0.2) is 43.0 Å². The van der Waals surface area contributed by atoms with Crippen molar-refractivity contribution >= 4 is 17.6 Å². The number of hydrogen-bond acceptors (Lipinski definition) is 5. The monoisotopic (exact) mass is 444 g/mol. The summed E-state index contributed by atoms with van der Waals surface area (Å²) >= 11 is 0. The fourth-order valence-corrected chi connectivity index (χ4v) is 4.86. The Hall–Kier alpha value is -3.55. The van der Waals surface area contributed by atoms with Crippen molar-refractivity contribution in [3.63, 3.8) is 0 Å². The number of carbonyl (C=O) groups excluding carboxylic acids is 2. The van der Waals surface area contributed by atoms with Crippen LogP contribution in [0, 0.1) is 6.92 Å². The van der Waals surface area contributed by atoms with Gasteiger partial charge < -0.3 is 4.90 Å². The van der Waals surface area contributed by atoms with Crippen LogP contribution in [0.4, 0.5) is 5.82 Å². The topological polar surface area (TPSA) is 84.2 Å². The van der Waals surface area contributed by atoms with E-state index >= 15 is 0 Å². The molecule has 4 heterocycles. The Labute approximate surface area is 193 Å². The Bertz CT molecular complexity index is 1190. The SMILES string of the molecule is Cc1nc([C@H]2CCCCN2C(=O)c2ccnn2C)nc2c1CCC(=O)N2Cc1ccccc1. The molecular weight excluding hydrogens is 416 g/mol. The number of nitrogens with zero attached hydrogens (tertiary/aromatic N) is 6. The molecule has 8 heteroatoms. The molecule has 2 aromatic heterocycles. The number of aromatic nitrogens is 4. The molecule has 8 nitrogen and oxygen atoms in total. The molecule has 2 amide bonds. The molecule has 1 saturated heterocycles. The molecule has 0 bridgehead atoms. The summed E-state index contributed by atoms with van der Waals surface area (Å²) in [5, 5.41) is 4.15. The maximum atomic E-state index is 13.3. The molecule has 33 heavy (non-hydrogen) atoms. The molecule has 3 aromatic rings. The maximum absolute atomic E-state index is 13.3. The van der Waals surface area contributed by atoms with Gasteiger partial charge in [0.15, 0.2) is 5.82 Å². The van der Waals surface area contributed by atoms with E-state index in [1.165, 1.54) is 0 Å². The van der Waals surface area contributed by atoms with E-state index in [1.807, 2.05) is 42.2 Å². The summed E-state index contributed by atoms with van der Waals surface area (Å²) in [6.45, 7) is 3.11. The van der Waals surface area contributed by atoms with Crippen LogP contribution in [0.25, 0.3) is 0 Å². The van der Waals surface area contributed by atoms with Crippen LogP contribution < -0.4 is 4.90 Å². The highest BCUT2D eigenvalue weighted by Crippen LogP contribution is 2.35. The number of carbonyl (C=O) groups is 2. The van der Waals surface area contributed by atoms with Crippen LogP contribution in [-0.2, 0) is 24.8 Å². The van der Waals surface area contributed by atoms with Gasteiger partial charge in [0.2, 0.25) is 5.91 Å². The quantitative estimate of drug-likeness (QED) is 0.616. The minimum absolute atomic E-state index is 0.0594. The lowest BCUT2D eigenvalue weighted by Crippen LogP contribution is -2.41. The minimum atomic E-state index is -0.222. The van der Waals surface area contributed by atoms with Crippen molar-refractivity contribution in [2.75, 3.05) is 11.4 Å². The lowest BCUT2D eigenvalue weighted by Gasteiger charge is -2.36. The van der Waals surface area contributed by atoms with Crippen LogP contribution >= 0.6 is 0 Å². The lowest BCUT2D eigenvalue weighted by atomic mass is 9.98. The zero-order valence-electron chi connectivity index (χ0n) is 19.1. The van der Waals surface area contributed by atoms with E-state index in [2.05, 4.69) is 5.10 Å². The second kappa shape index (κ2) is 8.77. The van der Waals surface area contributed by atoms with Gasteiger partial charge in [0.1, 0.15) is 11.5 Å². The number of aryl methyl sites for hydroxylation is 2. The van der Waals surface area contributed by atoms with Crippen molar-refractivity contribution < 1.29 is 9.59 Å². The molecule has 170 valence electrons. The van der Waals surface area contributed by atoms with E-state index in [-0.39, 0.29) is 17.9 Å². The number of fused-ring (bicyclic) bond motifs is 1. The number of amides is 2. The van der Waals surface area contributed by atoms with Gasteiger partial charge in [-0.05, 0) is 44.2 Å². The highest BCUT2D eigenvalue weighted by Gasteiger charge is 2.34. The fraction of sp³-hybridized carbons (Fsp3) is 0.400. The predicted molar refractivity (Wildman–Crippen MR) is 124 cm³/mol. The largest absolute Gasteiger partial charge is 0.327 e. The molecule has 0 N–H and O–H groups in total. The van der Waals surface area contributed by atoms with E-state index in [9.17, 15) is 9.59 Å². The minimum Gasteiger partial charge on any atom is -0.327 e. The van der Waals surface area contributed by atoms with Gasteiger partial charge >= 0.3 is 0 Å². The summed E-state index contributed by atoms with van der Waals surface area (Å²) < 4.78 is 1.60. The van der Waals surface area contributed by atoms with E-state index in [1.54, 1.807) is 28.9 Å². The predicted octanol–water partition coefficient (Wildman–Crippen LogP) is 3.37. The van der Waals surface area contributed by atoms with Gasteiger partial charge in [0.25, 0.3) is 5.91 Å². The van der Waals surface area contributed by atoms with Gasteiger partial charge in [-0.3, -0.25) is 19.2 Å². The molecular formula is C25H28N6O2. The average Bonchev–Trinajstić information content (AvgIpc) is 3.27. The smallest absolute Gasteiger partial charge is 0.272 e. The van der Waals surface area contributed by atoms with Gasteiger partial charge in [0, 0.05) is 37.5 Å². The molecule has 1 aromatic carbocycles. The Morgan fingerprint density at radius 2 is 1.91 bits per heavy atom. The highest BCUT2D eigenvalue weighted by atomic mass is 16.2. The first-order chi connectivity index (χ1) is 16.0. The standard InChI is InChI=1S/C25H28N6O2/c1-17-19-11-12-22(32)31(16-18-8-4-3-5-9-18)24(19)28-23(27-17)20-10-6-7-15-30(20)25(33)21-13-14-26-29(21)2/h3-5,8-9,13-14,20H,6-7,10-12,15-16H2,1-2H3/t20-/m1/s1. The van der Waals surface area contributed by atoms with Gasteiger partial charge in [0.05, 0.1) is 12.6 Å². The van der Waals surface area contributed by atoms with E-state index in [0.29, 0.717) is 43.3 Å². The Kier molecular flexibility index (Phi) is 5.66. The number of piperidine rings is 1. The number of hydrogen-bond donors (Lipinski definition) is 0. The second-order valence-corrected chi connectivity index (χ2v) is 8.79. The molecule has 2 aliphatic heterocycles. The molecule has 0 unspecified atom stereocenters. The molecule has 1 atom stereocenters. The summed E-state index contributed by atoms with van der Waals surface area (Å²) in [5.74, 6) is 1.32. The van der Waals surface area contributed by atoms with Crippen LogP contribution in [0.5, 0.6) is 0 Å². The Morgan fingerprint density at radius 1 is 1.09 bits per heavy atom. The summed E-state index contributed by atoms with van der Waals surface area (Å²) in [6.07, 6.45) is 5.49. The normalized spacial score (nSPS) is 18.4. The first-order valence-electron chi connectivity index (χ1n) is 11.5. The van der Waals surface area contributed by atoms with Crippen molar-refractivity contribution in [2.45, 2.75) is 51.6 Å². The van der Waals surface area contributed by atoms with Crippen molar-refractivity contribution in [3.05, 3.63) is 70.9 Å². The number of anilines is 1. The van der Waals surface area contributed by atoms with E-state index < -0.39 is 0 Å². The molecule has 1 fully saturated rings. The maximum Gasteiger partial charge on any atom is 0.272 e. The Balaban J connectivity index is 1.52. The van der Waals surface area contributed by atoms with Crippen molar-refractivity contribution in [1.29, 1.82) is 0 Å². The van der Waals surface area contributed by atoms with Crippen molar-refractivity contribution in [2.24, 2.45) is 7.05 Å². The summed E-state index contributed by atoms with van der Waals surface area (Å²) in [4.78, 5) is 39.7. The lowest BCUT2D eigenvalue weighted by molar-refractivity contribution is -0.119. The number of rotatable bonds is 4. The van der Waals surface area contributed by atoms with Crippen molar-refractivity contribution in [1.82, 2.24) is 24.6 Å². The third-order valence-corrected chi connectivity index (χ3v) is 6.64. The van der Waals surface area contributed by atoms with Crippen LogP contribution in [0.15, 0.2) is 42.6 Å². The van der Waals surface area contributed by atoms with Gasteiger partial charge in [-0.2, -0.15) is 5.10 Å². The average molecular weight is 445 g/mol. The van der Waals surface area contributed by atoms with Crippen LogP contribution in [0.2, 0.25) is 0 Å². The van der Waals surface area contributed by atoms with Crippen LogP contribution in [0.3, 0.4) is 0 Å². The first-order valence-corrected chi connectivity index (χ1v) is 11.5. The third kappa shape index (κ3) is 4.01. The zero-order valence-corrected chi connectivity index (χ0v) is 19.1. The third-order valence-electron chi connectivity index (χ3n) is 6.64. The molecule has 0 spiro atoms. The number of benzene rings is 1. The van der Waals surface area contributed by atoms with Gasteiger partial charge in [-0.25, -0.2) is 9.97 Å². The summed E-state index contributed by atoms with van der Waals surface area (Å²) in [6, 6.07) is 11.5. The molecule has 5 rings (SSSR count). The molecule has 0 saturated carbocycles. The van der Waals surface area contributed by atoms with Gasteiger partial charge in [-0.15, -0.1) is 0 Å². The van der Waals surface area contributed by atoms with Crippen molar-refractivity contribution in [3.8, 4) is 0 Å². The Morgan fingerprint density at radius 3 is 2.67 bits per heavy atom. The number of likely N-dealkylation sites (tertiary alicyclic amines) is 1. The molecule has 0 aliphatic carbocycles. The van der Waals surface area contributed by atoms with E-state index in [4.69, 9.17) is 9.97 Å². The van der Waals surface area contributed by atoms with Crippen LogP contribution in [0.1, 0.15) is 64.9 Å². The second-order valence-electron chi connectivity index (χ2n) is 8.79. The first kappa shape index (κ1) is 21.3. The van der Waals surface area contributed by atoms with Gasteiger partial charge in [-0.1, -0.05) is 30.3 Å². The molecule has 0 radical (unpaired) electrons. The summed E-state index contributed by atoms with van der Waals surface area (Å²) in [5.41, 5.74) is 3.52. The highest BCUT2D eigenvalue weighted by molar-refractivity contribution is 5.95. The molecule has 2 aliphatic rings.